The van der Waals surface area contributed by atoms with Crippen LogP contribution in [-0.2, 0) is 14.4 Å². The fraction of sp³-hybridized carbons (Fsp3) is 0.379. The average molecular weight is 576 g/mol. The highest BCUT2D eigenvalue weighted by atomic mass is 19.1. The highest BCUT2D eigenvalue weighted by Gasteiger charge is 2.38. The molecule has 3 aromatic rings. The second-order valence-electron chi connectivity index (χ2n) is 10.4. The summed E-state index contributed by atoms with van der Waals surface area (Å²) in [6.45, 7) is 5.33. The number of nitrogens with zero attached hydrogens (tertiary/aromatic N) is 7. The van der Waals surface area contributed by atoms with Crippen molar-refractivity contribution in [1.82, 2.24) is 24.8 Å². The molecular formula is C29H30FN7O5. The lowest BCUT2D eigenvalue weighted by molar-refractivity contribution is -0.141. The maximum atomic E-state index is 13.1. The molecule has 0 N–H and O–H groups in total. The third kappa shape index (κ3) is 5.80. The maximum Gasteiger partial charge on any atom is 0.268 e. The van der Waals surface area contributed by atoms with Crippen molar-refractivity contribution in [3.8, 4) is 17.4 Å². The Kier molecular flexibility index (Phi) is 7.55. The summed E-state index contributed by atoms with van der Waals surface area (Å²) >= 11 is 0. The highest BCUT2D eigenvalue weighted by Crippen LogP contribution is 2.28. The van der Waals surface area contributed by atoms with Gasteiger partial charge in [-0.05, 0) is 30.3 Å². The minimum Gasteiger partial charge on any atom is -0.479 e. The first-order valence-corrected chi connectivity index (χ1v) is 13.8. The molecule has 3 aliphatic rings. The van der Waals surface area contributed by atoms with Gasteiger partial charge >= 0.3 is 0 Å². The number of aromatic nitrogens is 3. The maximum absolute atomic E-state index is 13.1. The molecule has 3 saturated heterocycles. The molecule has 0 radical (unpaired) electrons. The van der Waals surface area contributed by atoms with Gasteiger partial charge in [-0.1, -0.05) is 0 Å². The van der Waals surface area contributed by atoms with Crippen LogP contribution in [0.1, 0.15) is 13.3 Å². The molecule has 1 atom stereocenters. The van der Waals surface area contributed by atoms with Crippen molar-refractivity contribution in [1.29, 1.82) is 0 Å². The summed E-state index contributed by atoms with van der Waals surface area (Å²) in [4.78, 5) is 57.6. The molecule has 0 aliphatic carbocycles. The van der Waals surface area contributed by atoms with E-state index >= 15 is 0 Å². The number of hydrogen-bond donors (Lipinski definition) is 0. The Morgan fingerprint density at radius 2 is 1.52 bits per heavy atom. The number of halogens is 1. The van der Waals surface area contributed by atoms with E-state index in [0.717, 1.165) is 0 Å². The molecule has 0 bridgehead atoms. The van der Waals surface area contributed by atoms with Crippen LogP contribution in [0.15, 0.2) is 55.0 Å². The predicted octanol–water partition coefficient (Wildman–Crippen LogP) is 2.11. The molecule has 2 aromatic heterocycles. The number of carbonyl (C=O) groups is 3. The van der Waals surface area contributed by atoms with Crippen molar-refractivity contribution >= 4 is 29.4 Å². The Morgan fingerprint density at radius 1 is 0.857 bits per heavy atom. The van der Waals surface area contributed by atoms with E-state index in [4.69, 9.17) is 9.47 Å². The standard InChI is InChI=1S/C29H30FN7O5/c1-19(38)34-10-12-35(13-11-34)27(39)20-17-36(18-20)29-32-14-22(15-33-29)37-9-8-25(28(37)40)41-24-6-7-26(31-16-24)42-23-4-2-21(30)3-5-23/h2-7,14-16,20,25H,8-13,17-18H2,1H3/t25-/m1/s1. The zero-order valence-electron chi connectivity index (χ0n) is 23.1. The Hall–Kier alpha value is -4.81. The van der Waals surface area contributed by atoms with Gasteiger partial charge in [-0.15, -0.1) is 0 Å². The lowest BCUT2D eigenvalue weighted by Gasteiger charge is -2.42. The van der Waals surface area contributed by atoms with Gasteiger partial charge in [-0.2, -0.15) is 0 Å². The number of piperazine rings is 1. The monoisotopic (exact) mass is 575 g/mol. The minimum absolute atomic E-state index is 0.0367. The van der Waals surface area contributed by atoms with Crippen molar-refractivity contribution in [2.45, 2.75) is 19.4 Å². The van der Waals surface area contributed by atoms with Crippen LogP contribution < -0.4 is 19.3 Å². The van der Waals surface area contributed by atoms with Crippen LogP contribution in [0.4, 0.5) is 16.0 Å². The third-order valence-corrected chi connectivity index (χ3v) is 7.67. The molecule has 42 heavy (non-hydrogen) atoms. The summed E-state index contributed by atoms with van der Waals surface area (Å²) in [7, 11) is 0. The number of ether oxygens (including phenoxy) is 2. The van der Waals surface area contributed by atoms with Crippen molar-refractivity contribution in [3.05, 3.63) is 60.8 Å². The Labute approximate surface area is 241 Å². The first kappa shape index (κ1) is 27.4. The highest BCUT2D eigenvalue weighted by molar-refractivity contribution is 5.98. The van der Waals surface area contributed by atoms with Crippen LogP contribution in [0.3, 0.4) is 0 Å². The fourth-order valence-corrected chi connectivity index (χ4v) is 5.22. The summed E-state index contributed by atoms with van der Waals surface area (Å²) < 4.78 is 24.6. The van der Waals surface area contributed by atoms with Gasteiger partial charge in [0.15, 0.2) is 6.10 Å². The summed E-state index contributed by atoms with van der Waals surface area (Å²) in [5.41, 5.74) is 0.576. The molecule has 0 unspecified atom stereocenters. The molecule has 0 spiro atoms. The molecule has 12 nitrogen and oxygen atoms in total. The van der Waals surface area contributed by atoms with Crippen LogP contribution in [0.2, 0.25) is 0 Å². The zero-order chi connectivity index (χ0) is 29.2. The van der Waals surface area contributed by atoms with E-state index in [0.29, 0.717) is 81.2 Å². The molecule has 1 aromatic carbocycles. The predicted molar refractivity (Wildman–Crippen MR) is 149 cm³/mol. The quantitative estimate of drug-likeness (QED) is 0.417. The van der Waals surface area contributed by atoms with Crippen LogP contribution in [0.25, 0.3) is 0 Å². The van der Waals surface area contributed by atoms with E-state index in [2.05, 4.69) is 15.0 Å². The number of hydrogen-bond acceptors (Lipinski definition) is 9. The van der Waals surface area contributed by atoms with Gasteiger partial charge in [-0.25, -0.2) is 19.3 Å². The molecule has 3 amide bonds. The molecule has 218 valence electrons. The topological polar surface area (TPSA) is 121 Å². The lowest BCUT2D eigenvalue weighted by atomic mass is 9.98. The second kappa shape index (κ2) is 11.6. The van der Waals surface area contributed by atoms with Gasteiger partial charge in [0.05, 0.1) is 30.2 Å². The minimum atomic E-state index is -0.671. The molecular weight excluding hydrogens is 545 g/mol. The van der Waals surface area contributed by atoms with Gasteiger partial charge in [0.25, 0.3) is 5.91 Å². The number of anilines is 2. The number of carbonyl (C=O) groups excluding carboxylic acids is 3. The molecule has 0 saturated carbocycles. The van der Waals surface area contributed by atoms with Crippen LogP contribution in [0.5, 0.6) is 17.4 Å². The van der Waals surface area contributed by atoms with Crippen molar-refractivity contribution in [2.24, 2.45) is 5.92 Å². The smallest absolute Gasteiger partial charge is 0.268 e. The summed E-state index contributed by atoms with van der Waals surface area (Å²) in [6.07, 6.45) is 4.52. The molecule has 13 heteroatoms. The first-order valence-electron chi connectivity index (χ1n) is 13.8. The van der Waals surface area contributed by atoms with Gasteiger partial charge in [0.1, 0.15) is 17.3 Å². The number of rotatable bonds is 7. The van der Waals surface area contributed by atoms with E-state index in [-0.39, 0.29) is 29.5 Å². The van der Waals surface area contributed by atoms with E-state index in [1.165, 1.54) is 30.5 Å². The van der Waals surface area contributed by atoms with E-state index in [9.17, 15) is 18.8 Å². The SMILES string of the molecule is CC(=O)N1CCN(C(=O)C2CN(c3ncc(N4CC[C@@H](Oc5ccc(Oc6ccc(F)cc6)nc5)C4=O)cn3)C2)CC1. The number of amides is 3. The Balaban J connectivity index is 0.979. The summed E-state index contributed by atoms with van der Waals surface area (Å²) in [6, 6.07) is 8.89. The van der Waals surface area contributed by atoms with Crippen molar-refractivity contribution in [2.75, 3.05) is 55.6 Å². The largest absolute Gasteiger partial charge is 0.479 e. The van der Waals surface area contributed by atoms with E-state index in [1.54, 1.807) is 41.2 Å². The summed E-state index contributed by atoms with van der Waals surface area (Å²) in [5, 5.41) is 0. The second-order valence-corrected chi connectivity index (χ2v) is 10.4. The van der Waals surface area contributed by atoms with Gasteiger partial charge in [0, 0.05) is 65.2 Å². The zero-order valence-corrected chi connectivity index (χ0v) is 23.1. The number of pyridine rings is 1. The normalized spacial score (nSPS) is 19.1. The van der Waals surface area contributed by atoms with Gasteiger partial charge in [0.2, 0.25) is 23.6 Å². The van der Waals surface area contributed by atoms with Crippen LogP contribution >= 0.6 is 0 Å². The Bertz CT molecular complexity index is 1440. The van der Waals surface area contributed by atoms with E-state index in [1.807, 2.05) is 9.80 Å². The van der Waals surface area contributed by atoms with Gasteiger partial charge in [-0.3, -0.25) is 14.4 Å². The van der Waals surface area contributed by atoms with Crippen LogP contribution in [0, 0.1) is 11.7 Å². The lowest BCUT2D eigenvalue weighted by Crippen LogP contribution is -2.58. The molecule has 5 heterocycles. The molecule has 3 fully saturated rings. The van der Waals surface area contributed by atoms with Crippen molar-refractivity contribution in [3.63, 3.8) is 0 Å². The van der Waals surface area contributed by atoms with E-state index < -0.39 is 6.10 Å². The molecule has 6 rings (SSSR count). The van der Waals surface area contributed by atoms with Crippen LogP contribution in [-0.4, -0.2) is 94.4 Å². The number of benzene rings is 1. The first-order chi connectivity index (χ1) is 20.3. The molecule has 3 aliphatic heterocycles. The third-order valence-electron chi connectivity index (χ3n) is 7.67. The Morgan fingerprint density at radius 3 is 2.17 bits per heavy atom. The fourth-order valence-electron chi connectivity index (χ4n) is 5.22. The van der Waals surface area contributed by atoms with Gasteiger partial charge < -0.3 is 29.1 Å². The summed E-state index contributed by atoms with van der Waals surface area (Å²) in [5.74, 6) is 1.18. The average Bonchev–Trinajstić information content (AvgIpc) is 3.34. The van der Waals surface area contributed by atoms with Crippen molar-refractivity contribution < 1.29 is 28.2 Å².